The molecule has 6 heteroatoms. The zero-order valence-corrected chi connectivity index (χ0v) is 21.9. The van der Waals surface area contributed by atoms with Crippen LogP contribution in [0.25, 0.3) is 12.2 Å². The van der Waals surface area contributed by atoms with Crippen molar-refractivity contribution in [1.82, 2.24) is 19.6 Å². The molecule has 2 aliphatic heterocycles. The van der Waals surface area contributed by atoms with E-state index in [1.54, 1.807) is 0 Å². The topological polar surface area (TPSA) is 47.1 Å². The summed E-state index contributed by atoms with van der Waals surface area (Å²) in [6.07, 6.45) is 10.2. The Kier molecular flexibility index (Phi) is 10.5. The van der Waals surface area contributed by atoms with Crippen molar-refractivity contribution >= 4 is 24.0 Å². The van der Waals surface area contributed by atoms with Crippen molar-refractivity contribution in [3.63, 3.8) is 0 Å². The van der Waals surface area contributed by atoms with Gasteiger partial charge in [-0.15, -0.1) is 0 Å². The van der Waals surface area contributed by atoms with Gasteiger partial charge in [0.05, 0.1) is 0 Å². The number of amides is 2. The second-order valence-electron chi connectivity index (χ2n) is 9.84. The van der Waals surface area contributed by atoms with Crippen LogP contribution in [0.2, 0.25) is 0 Å². The van der Waals surface area contributed by atoms with Gasteiger partial charge >= 0.3 is 0 Å². The van der Waals surface area contributed by atoms with Gasteiger partial charge in [-0.3, -0.25) is 19.4 Å². The predicted molar refractivity (Wildman–Crippen MR) is 151 cm³/mol. The van der Waals surface area contributed by atoms with Gasteiger partial charge in [0.25, 0.3) is 0 Å². The van der Waals surface area contributed by atoms with Gasteiger partial charge in [0, 0.05) is 78.3 Å². The lowest BCUT2D eigenvalue weighted by atomic mass is 10.1. The molecule has 2 aromatic rings. The summed E-state index contributed by atoms with van der Waals surface area (Å²) in [7, 11) is 0. The fraction of sp³-hybridized carbons (Fsp3) is 0.419. The first-order valence-electron chi connectivity index (χ1n) is 13.6. The molecule has 4 rings (SSSR count). The number of piperazine rings is 2. The Morgan fingerprint density at radius 3 is 1.32 bits per heavy atom. The van der Waals surface area contributed by atoms with Gasteiger partial charge in [-0.2, -0.15) is 0 Å². The maximum Gasteiger partial charge on any atom is 0.222 e. The Balaban J connectivity index is 1.06. The van der Waals surface area contributed by atoms with Crippen molar-refractivity contribution in [3.8, 4) is 0 Å². The molecule has 0 radical (unpaired) electrons. The SMILES string of the molecule is O=C(CCCC(=O)N1CCN(C/C=C/c2ccccc2)CC1)N1CCN(C/C=C/c2ccccc2)CC1. The minimum Gasteiger partial charge on any atom is -0.340 e. The van der Waals surface area contributed by atoms with Crippen LogP contribution < -0.4 is 0 Å². The highest BCUT2D eigenvalue weighted by molar-refractivity contribution is 5.79. The lowest BCUT2D eigenvalue weighted by molar-refractivity contribution is -0.134. The van der Waals surface area contributed by atoms with Gasteiger partial charge in [0.15, 0.2) is 0 Å². The van der Waals surface area contributed by atoms with E-state index >= 15 is 0 Å². The Morgan fingerprint density at radius 1 is 0.568 bits per heavy atom. The van der Waals surface area contributed by atoms with Crippen molar-refractivity contribution in [2.75, 3.05) is 65.4 Å². The lowest BCUT2D eigenvalue weighted by Gasteiger charge is -2.35. The predicted octanol–water partition coefficient (Wildman–Crippen LogP) is 3.87. The highest BCUT2D eigenvalue weighted by Crippen LogP contribution is 2.11. The van der Waals surface area contributed by atoms with E-state index < -0.39 is 0 Å². The van der Waals surface area contributed by atoms with Crippen LogP contribution in [0.3, 0.4) is 0 Å². The smallest absolute Gasteiger partial charge is 0.222 e. The Bertz CT molecular complexity index is 938. The van der Waals surface area contributed by atoms with Gasteiger partial charge in [0.2, 0.25) is 11.8 Å². The first kappa shape index (κ1) is 26.8. The molecule has 2 aliphatic rings. The van der Waals surface area contributed by atoms with E-state index in [9.17, 15) is 9.59 Å². The molecule has 0 N–H and O–H groups in total. The van der Waals surface area contributed by atoms with Crippen LogP contribution in [0.4, 0.5) is 0 Å². The quantitative estimate of drug-likeness (QED) is 0.497. The second kappa shape index (κ2) is 14.5. The summed E-state index contributed by atoms with van der Waals surface area (Å²) in [6.45, 7) is 8.48. The fourth-order valence-corrected chi connectivity index (χ4v) is 4.87. The molecular formula is C31H40N4O2. The molecule has 0 unspecified atom stereocenters. The molecule has 0 aromatic heterocycles. The van der Waals surface area contributed by atoms with Gasteiger partial charge in [-0.25, -0.2) is 0 Å². The van der Waals surface area contributed by atoms with Crippen LogP contribution in [0, 0.1) is 0 Å². The van der Waals surface area contributed by atoms with E-state index in [-0.39, 0.29) is 11.8 Å². The first-order valence-corrected chi connectivity index (χ1v) is 13.6. The zero-order chi connectivity index (χ0) is 25.7. The second-order valence-corrected chi connectivity index (χ2v) is 9.84. The molecule has 2 fully saturated rings. The molecule has 0 saturated carbocycles. The van der Waals surface area contributed by atoms with Crippen molar-refractivity contribution in [1.29, 1.82) is 0 Å². The summed E-state index contributed by atoms with van der Waals surface area (Å²) in [5.74, 6) is 0.365. The number of rotatable bonds is 10. The molecule has 196 valence electrons. The standard InChI is InChI=1S/C31H40N4O2/c36-30(34-24-20-32(21-25-34)18-8-14-28-10-3-1-4-11-28)16-7-17-31(37)35-26-22-33(23-27-35)19-9-15-29-12-5-2-6-13-29/h1-6,8-15H,7,16-27H2/b14-8+,15-9+. The molecule has 2 heterocycles. The number of hydrogen-bond acceptors (Lipinski definition) is 4. The molecule has 2 saturated heterocycles. The van der Waals surface area contributed by atoms with Crippen molar-refractivity contribution in [2.45, 2.75) is 19.3 Å². The Hall–Kier alpha value is -3.22. The van der Waals surface area contributed by atoms with E-state index in [4.69, 9.17) is 0 Å². The van der Waals surface area contributed by atoms with Crippen molar-refractivity contribution in [2.24, 2.45) is 0 Å². The van der Waals surface area contributed by atoms with Crippen LogP contribution in [0.5, 0.6) is 0 Å². The maximum absolute atomic E-state index is 12.7. The number of carbonyl (C=O) groups excluding carboxylic acids is 2. The minimum absolute atomic E-state index is 0.183. The molecule has 0 spiro atoms. The van der Waals surface area contributed by atoms with E-state index in [0.29, 0.717) is 19.3 Å². The first-order chi connectivity index (χ1) is 18.2. The third kappa shape index (κ3) is 8.99. The lowest BCUT2D eigenvalue weighted by Crippen LogP contribution is -2.49. The van der Waals surface area contributed by atoms with Gasteiger partial charge < -0.3 is 9.80 Å². The summed E-state index contributed by atoms with van der Waals surface area (Å²) in [5, 5.41) is 0. The molecule has 2 amide bonds. The summed E-state index contributed by atoms with van der Waals surface area (Å²) in [6, 6.07) is 20.6. The third-order valence-electron chi connectivity index (χ3n) is 7.18. The molecular weight excluding hydrogens is 460 g/mol. The monoisotopic (exact) mass is 500 g/mol. The average molecular weight is 501 g/mol. The molecule has 0 bridgehead atoms. The van der Waals surface area contributed by atoms with Crippen molar-refractivity contribution < 1.29 is 9.59 Å². The number of carbonyl (C=O) groups is 2. The van der Waals surface area contributed by atoms with Crippen LogP contribution in [0.1, 0.15) is 30.4 Å². The largest absolute Gasteiger partial charge is 0.340 e. The molecule has 6 nitrogen and oxygen atoms in total. The molecule has 0 atom stereocenters. The number of benzene rings is 2. The number of nitrogens with zero attached hydrogens (tertiary/aromatic N) is 4. The van der Waals surface area contributed by atoms with E-state index in [2.05, 4.69) is 58.4 Å². The summed E-state index contributed by atoms with van der Waals surface area (Å²) in [5.41, 5.74) is 2.42. The Morgan fingerprint density at radius 2 is 0.946 bits per heavy atom. The number of hydrogen-bond donors (Lipinski definition) is 0. The van der Waals surface area contributed by atoms with E-state index in [0.717, 1.165) is 65.4 Å². The van der Waals surface area contributed by atoms with E-state index in [1.165, 1.54) is 11.1 Å². The molecule has 37 heavy (non-hydrogen) atoms. The zero-order valence-electron chi connectivity index (χ0n) is 21.9. The van der Waals surface area contributed by atoms with Crippen molar-refractivity contribution in [3.05, 3.63) is 83.9 Å². The van der Waals surface area contributed by atoms with Crippen LogP contribution in [-0.4, -0.2) is 96.9 Å². The minimum atomic E-state index is 0.183. The molecule has 0 aliphatic carbocycles. The van der Waals surface area contributed by atoms with Gasteiger partial charge in [-0.05, 0) is 17.5 Å². The summed E-state index contributed by atoms with van der Waals surface area (Å²) in [4.78, 5) is 34.0. The molecule has 2 aromatic carbocycles. The van der Waals surface area contributed by atoms with Crippen LogP contribution in [-0.2, 0) is 9.59 Å². The van der Waals surface area contributed by atoms with E-state index in [1.807, 2.05) is 46.2 Å². The highest BCUT2D eigenvalue weighted by Gasteiger charge is 2.22. The average Bonchev–Trinajstić information content (AvgIpc) is 2.95. The normalized spacial score (nSPS) is 17.6. The maximum atomic E-state index is 12.7. The van der Waals surface area contributed by atoms with Gasteiger partial charge in [-0.1, -0.05) is 85.0 Å². The Labute approximate surface area is 221 Å². The van der Waals surface area contributed by atoms with Crippen LogP contribution >= 0.6 is 0 Å². The van der Waals surface area contributed by atoms with Gasteiger partial charge in [0.1, 0.15) is 0 Å². The summed E-state index contributed by atoms with van der Waals surface area (Å²) < 4.78 is 0. The van der Waals surface area contributed by atoms with Crippen LogP contribution in [0.15, 0.2) is 72.8 Å². The summed E-state index contributed by atoms with van der Waals surface area (Å²) >= 11 is 0. The fourth-order valence-electron chi connectivity index (χ4n) is 4.87. The highest BCUT2D eigenvalue weighted by atomic mass is 16.2. The third-order valence-corrected chi connectivity index (χ3v) is 7.18.